The van der Waals surface area contributed by atoms with Crippen molar-refractivity contribution in [1.29, 1.82) is 0 Å². The van der Waals surface area contributed by atoms with E-state index in [2.05, 4.69) is 22.1 Å². The van der Waals surface area contributed by atoms with Gasteiger partial charge in [0, 0.05) is 11.1 Å². The number of pyridine rings is 1. The molecule has 0 radical (unpaired) electrons. The predicted molar refractivity (Wildman–Crippen MR) is 91.1 cm³/mol. The third-order valence-electron chi connectivity index (χ3n) is 3.22. The summed E-state index contributed by atoms with van der Waals surface area (Å²) in [5.74, 6) is 1.44. The molecule has 108 valence electrons. The van der Waals surface area contributed by atoms with Crippen LogP contribution in [0.2, 0.25) is 0 Å². The van der Waals surface area contributed by atoms with Gasteiger partial charge in [-0.1, -0.05) is 42.1 Å². The highest BCUT2D eigenvalue weighted by molar-refractivity contribution is 7.98. The fraction of sp³-hybridized carbons (Fsp3) is 0.0588. The van der Waals surface area contributed by atoms with Crippen molar-refractivity contribution in [3.05, 3.63) is 65.9 Å². The quantitative estimate of drug-likeness (QED) is 0.481. The molecule has 0 spiro atoms. The second-order valence-corrected chi connectivity index (χ2v) is 6.70. The van der Waals surface area contributed by atoms with Gasteiger partial charge >= 0.3 is 0 Å². The molecule has 0 aliphatic carbocycles. The number of thiophene rings is 1. The van der Waals surface area contributed by atoms with Crippen molar-refractivity contribution in [3.8, 4) is 10.8 Å². The summed E-state index contributed by atoms with van der Waals surface area (Å²) in [6.07, 6.45) is 1.73. The first kappa shape index (κ1) is 13.5. The van der Waals surface area contributed by atoms with Gasteiger partial charge < -0.3 is 4.42 Å². The van der Waals surface area contributed by atoms with Crippen molar-refractivity contribution >= 4 is 34.0 Å². The zero-order valence-corrected chi connectivity index (χ0v) is 13.2. The standard InChI is InChI=1S/C17H12N2OS2/c1-2-5-14-12(4-1)7-8-16(19-14)22-11-13-10-20-17(18-13)15-6-3-9-21-15/h1-10H,11H2. The highest BCUT2D eigenvalue weighted by Gasteiger charge is 2.08. The number of hydrogen-bond donors (Lipinski definition) is 0. The Morgan fingerprint density at radius 1 is 1.00 bits per heavy atom. The van der Waals surface area contributed by atoms with Gasteiger partial charge in [0.25, 0.3) is 0 Å². The highest BCUT2D eigenvalue weighted by atomic mass is 32.2. The molecule has 0 aliphatic heterocycles. The molecule has 3 aromatic heterocycles. The van der Waals surface area contributed by atoms with E-state index >= 15 is 0 Å². The molecule has 3 nitrogen and oxygen atoms in total. The Morgan fingerprint density at radius 2 is 1.95 bits per heavy atom. The topological polar surface area (TPSA) is 38.9 Å². The first-order valence-electron chi connectivity index (χ1n) is 6.85. The van der Waals surface area contributed by atoms with E-state index in [-0.39, 0.29) is 0 Å². The van der Waals surface area contributed by atoms with Crippen molar-refractivity contribution in [3.63, 3.8) is 0 Å². The van der Waals surface area contributed by atoms with Gasteiger partial charge in [0.05, 0.1) is 21.1 Å². The molecular weight excluding hydrogens is 312 g/mol. The molecule has 1 aromatic carbocycles. The fourth-order valence-electron chi connectivity index (χ4n) is 2.16. The second kappa shape index (κ2) is 5.94. The number of hydrogen-bond acceptors (Lipinski definition) is 5. The molecule has 22 heavy (non-hydrogen) atoms. The lowest BCUT2D eigenvalue weighted by Gasteiger charge is -2.01. The number of aromatic nitrogens is 2. The number of oxazole rings is 1. The van der Waals surface area contributed by atoms with Crippen molar-refractivity contribution in [2.45, 2.75) is 10.8 Å². The summed E-state index contributed by atoms with van der Waals surface area (Å²) in [7, 11) is 0. The molecule has 0 amide bonds. The van der Waals surface area contributed by atoms with Crippen LogP contribution in [0.5, 0.6) is 0 Å². The second-order valence-electron chi connectivity index (χ2n) is 4.75. The average molecular weight is 324 g/mol. The molecule has 0 aliphatic rings. The summed E-state index contributed by atoms with van der Waals surface area (Å²) < 4.78 is 5.53. The Kier molecular flexibility index (Phi) is 3.66. The monoisotopic (exact) mass is 324 g/mol. The average Bonchev–Trinajstić information content (AvgIpc) is 3.24. The minimum absolute atomic E-state index is 0.692. The van der Waals surface area contributed by atoms with Crippen LogP contribution >= 0.6 is 23.1 Å². The van der Waals surface area contributed by atoms with Crippen molar-refractivity contribution in [2.24, 2.45) is 0 Å². The third-order valence-corrected chi connectivity index (χ3v) is 5.05. The third kappa shape index (κ3) is 2.77. The van der Waals surface area contributed by atoms with Crippen LogP contribution in [-0.4, -0.2) is 9.97 Å². The number of para-hydroxylation sites is 1. The van der Waals surface area contributed by atoms with E-state index in [1.165, 1.54) is 0 Å². The fourth-order valence-corrected chi connectivity index (χ4v) is 3.57. The first-order chi connectivity index (χ1) is 10.9. The van der Waals surface area contributed by atoms with E-state index in [0.717, 1.165) is 32.3 Å². The SMILES string of the molecule is c1csc(-c2nc(CSc3ccc4ccccc4n3)co2)c1. The zero-order valence-electron chi connectivity index (χ0n) is 11.6. The van der Waals surface area contributed by atoms with Crippen LogP contribution in [0, 0.1) is 0 Å². The molecule has 3 heterocycles. The normalized spacial score (nSPS) is 11.1. The maximum absolute atomic E-state index is 5.53. The number of fused-ring (bicyclic) bond motifs is 1. The lowest BCUT2D eigenvalue weighted by molar-refractivity contribution is 0.575. The predicted octanol–water partition coefficient (Wildman–Crippen LogP) is 5.24. The molecular formula is C17H12N2OS2. The summed E-state index contributed by atoms with van der Waals surface area (Å²) in [5, 5.41) is 4.18. The van der Waals surface area contributed by atoms with E-state index in [4.69, 9.17) is 4.42 Å². The van der Waals surface area contributed by atoms with Crippen LogP contribution in [-0.2, 0) is 5.75 Å². The molecule has 0 unspecified atom stereocenters. The van der Waals surface area contributed by atoms with Gasteiger partial charge in [-0.2, -0.15) is 0 Å². The Morgan fingerprint density at radius 3 is 2.86 bits per heavy atom. The Labute approximate surface area is 136 Å². The molecule has 5 heteroatoms. The van der Waals surface area contributed by atoms with Gasteiger partial charge in [0.15, 0.2) is 0 Å². The van der Waals surface area contributed by atoms with E-state index in [9.17, 15) is 0 Å². The van der Waals surface area contributed by atoms with Gasteiger partial charge in [-0.15, -0.1) is 11.3 Å². The molecule has 0 bridgehead atoms. The Bertz CT molecular complexity index is 900. The lowest BCUT2D eigenvalue weighted by atomic mass is 10.2. The van der Waals surface area contributed by atoms with Gasteiger partial charge in [0.2, 0.25) is 5.89 Å². The smallest absolute Gasteiger partial charge is 0.236 e. The van der Waals surface area contributed by atoms with E-state index < -0.39 is 0 Å². The number of rotatable bonds is 4. The Hall–Kier alpha value is -2.11. The van der Waals surface area contributed by atoms with Gasteiger partial charge in [-0.05, 0) is 23.6 Å². The number of benzene rings is 1. The Balaban J connectivity index is 1.49. The van der Waals surface area contributed by atoms with Crippen LogP contribution in [0.3, 0.4) is 0 Å². The molecule has 0 saturated carbocycles. The highest BCUT2D eigenvalue weighted by Crippen LogP contribution is 2.27. The number of thioether (sulfide) groups is 1. The summed E-state index contributed by atoms with van der Waals surface area (Å²) in [6, 6.07) is 16.3. The van der Waals surface area contributed by atoms with Crippen LogP contribution in [0.1, 0.15) is 5.69 Å². The van der Waals surface area contributed by atoms with Crippen LogP contribution < -0.4 is 0 Å². The summed E-state index contributed by atoms with van der Waals surface area (Å²) in [5.41, 5.74) is 1.95. The van der Waals surface area contributed by atoms with Crippen molar-refractivity contribution in [2.75, 3.05) is 0 Å². The molecule has 0 fully saturated rings. The van der Waals surface area contributed by atoms with Crippen molar-refractivity contribution in [1.82, 2.24) is 9.97 Å². The van der Waals surface area contributed by atoms with Crippen molar-refractivity contribution < 1.29 is 4.42 Å². The van der Waals surface area contributed by atoms with E-state index in [1.807, 2.05) is 41.8 Å². The van der Waals surface area contributed by atoms with Crippen LogP contribution in [0.25, 0.3) is 21.7 Å². The van der Waals surface area contributed by atoms with Crippen LogP contribution in [0.4, 0.5) is 0 Å². The maximum atomic E-state index is 5.53. The molecule has 0 atom stereocenters. The maximum Gasteiger partial charge on any atom is 0.236 e. The van der Waals surface area contributed by atoms with Gasteiger partial charge in [0.1, 0.15) is 6.26 Å². The summed E-state index contributed by atoms with van der Waals surface area (Å²) >= 11 is 3.30. The molecule has 0 saturated heterocycles. The minimum Gasteiger partial charge on any atom is -0.444 e. The molecule has 0 N–H and O–H groups in total. The summed E-state index contributed by atoms with van der Waals surface area (Å²) in [4.78, 5) is 10.2. The zero-order chi connectivity index (χ0) is 14.8. The largest absolute Gasteiger partial charge is 0.444 e. The molecule has 4 aromatic rings. The molecule has 4 rings (SSSR count). The van der Waals surface area contributed by atoms with Gasteiger partial charge in [-0.25, -0.2) is 9.97 Å². The number of nitrogens with zero attached hydrogens (tertiary/aromatic N) is 2. The minimum atomic E-state index is 0.692. The van der Waals surface area contributed by atoms with E-state index in [0.29, 0.717) is 5.89 Å². The first-order valence-corrected chi connectivity index (χ1v) is 8.72. The lowest BCUT2D eigenvalue weighted by Crippen LogP contribution is -1.85. The van der Waals surface area contributed by atoms with Gasteiger partial charge in [-0.3, -0.25) is 0 Å². The summed E-state index contributed by atoms with van der Waals surface area (Å²) in [6.45, 7) is 0. The van der Waals surface area contributed by atoms with Crippen LogP contribution in [0.15, 0.2) is 69.6 Å². The van der Waals surface area contributed by atoms with E-state index in [1.54, 1.807) is 29.4 Å².